The van der Waals surface area contributed by atoms with Crippen LogP contribution in [0.3, 0.4) is 0 Å². The first-order chi connectivity index (χ1) is 9.59. The zero-order valence-corrected chi connectivity index (χ0v) is 12.9. The molecule has 0 unspecified atom stereocenters. The van der Waals surface area contributed by atoms with Crippen molar-refractivity contribution in [3.63, 3.8) is 0 Å². The minimum absolute atomic E-state index is 0.0481. The van der Waals surface area contributed by atoms with Crippen LogP contribution in [-0.2, 0) is 0 Å². The van der Waals surface area contributed by atoms with E-state index < -0.39 is 11.6 Å². The molecule has 1 aliphatic heterocycles. The summed E-state index contributed by atoms with van der Waals surface area (Å²) in [6, 6.07) is 2.79. The number of hydrogen-bond acceptors (Lipinski definition) is 2. The fourth-order valence-electron chi connectivity index (χ4n) is 2.25. The van der Waals surface area contributed by atoms with Gasteiger partial charge in [-0.25, -0.2) is 4.39 Å². The first kappa shape index (κ1) is 16.7. The molecule has 1 saturated heterocycles. The Morgan fingerprint density at radius 2 is 1.65 bits per heavy atom. The van der Waals surface area contributed by atoms with Crippen LogP contribution in [0.15, 0.2) is 12.1 Å². The fourth-order valence-corrected chi connectivity index (χ4v) is 2.25. The van der Waals surface area contributed by atoms with Crippen LogP contribution in [0.4, 0.5) is 14.5 Å². The van der Waals surface area contributed by atoms with Crippen LogP contribution in [0.2, 0.25) is 0 Å². The molecule has 0 aromatic heterocycles. The van der Waals surface area contributed by atoms with Crippen molar-refractivity contribution in [2.75, 3.05) is 18.0 Å². The Labute approximate surface area is 120 Å². The molecule has 1 aromatic carbocycles. The van der Waals surface area contributed by atoms with Crippen molar-refractivity contribution in [1.82, 2.24) is 0 Å². The highest BCUT2D eigenvalue weighted by Gasteiger charge is 2.21. The summed E-state index contributed by atoms with van der Waals surface area (Å²) in [5, 5.41) is 0. The zero-order valence-electron chi connectivity index (χ0n) is 12.9. The minimum Gasteiger partial charge on any atom is -0.486 e. The normalized spacial score (nSPS) is 14.8. The fraction of sp³-hybridized carbons (Fsp3) is 0.625. The van der Waals surface area contributed by atoms with Crippen molar-refractivity contribution in [2.45, 2.75) is 53.1 Å². The lowest BCUT2D eigenvalue weighted by Gasteiger charge is -2.30. The molecule has 2 nitrogen and oxygen atoms in total. The standard InChI is InChI=1S/C14H19F2NO.C2H6/c1-10(2)18-14-12(7-6-11(15)13(14)16)17-8-4-3-5-9-17;1-2/h6-7,10H,3-5,8-9H2,1-2H3;1-2H3. The van der Waals surface area contributed by atoms with Crippen LogP contribution in [0, 0.1) is 11.6 Å². The second kappa shape index (κ2) is 8.08. The lowest BCUT2D eigenvalue weighted by atomic mass is 10.1. The third-order valence-electron chi connectivity index (χ3n) is 3.08. The molecule has 1 aromatic rings. The van der Waals surface area contributed by atoms with Gasteiger partial charge in [-0.1, -0.05) is 13.8 Å². The van der Waals surface area contributed by atoms with Crippen LogP contribution >= 0.6 is 0 Å². The predicted molar refractivity (Wildman–Crippen MR) is 79.5 cm³/mol. The summed E-state index contributed by atoms with van der Waals surface area (Å²) in [6.07, 6.45) is 3.19. The Morgan fingerprint density at radius 1 is 1.05 bits per heavy atom. The first-order valence-electron chi connectivity index (χ1n) is 7.49. The second-order valence-electron chi connectivity index (χ2n) is 4.92. The number of halogens is 2. The molecule has 0 radical (unpaired) electrons. The van der Waals surface area contributed by atoms with Gasteiger partial charge in [-0.2, -0.15) is 4.39 Å². The van der Waals surface area contributed by atoms with E-state index in [0.717, 1.165) is 25.9 Å². The first-order valence-corrected chi connectivity index (χ1v) is 7.49. The quantitative estimate of drug-likeness (QED) is 0.793. The van der Waals surface area contributed by atoms with E-state index in [4.69, 9.17) is 4.74 Å². The number of piperidine rings is 1. The molecule has 2 rings (SSSR count). The summed E-state index contributed by atoms with van der Waals surface area (Å²) in [5.41, 5.74) is 0.669. The zero-order chi connectivity index (χ0) is 15.1. The van der Waals surface area contributed by atoms with E-state index in [1.54, 1.807) is 6.07 Å². The van der Waals surface area contributed by atoms with Gasteiger partial charge in [0.25, 0.3) is 0 Å². The molecule has 1 heterocycles. The highest BCUT2D eigenvalue weighted by Crippen LogP contribution is 2.35. The molecule has 0 spiro atoms. The molecule has 0 amide bonds. The Hall–Kier alpha value is -1.32. The number of rotatable bonds is 3. The van der Waals surface area contributed by atoms with E-state index in [-0.39, 0.29) is 11.9 Å². The summed E-state index contributed by atoms with van der Waals surface area (Å²) in [6.45, 7) is 9.37. The topological polar surface area (TPSA) is 12.5 Å². The van der Waals surface area contributed by atoms with Crippen LogP contribution in [0.5, 0.6) is 5.75 Å². The van der Waals surface area contributed by atoms with E-state index in [2.05, 4.69) is 4.90 Å². The van der Waals surface area contributed by atoms with Crippen molar-refractivity contribution in [2.24, 2.45) is 0 Å². The molecular weight excluding hydrogens is 260 g/mol. The Balaban J connectivity index is 0.000000956. The van der Waals surface area contributed by atoms with Crippen molar-refractivity contribution >= 4 is 5.69 Å². The third kappa shape index (κ3) is 4.09. The second-order valence-corrected chi connectivity index (χ2v) is 4.92. The number of ether oxygens (including phenoxy) is 1. The van der Waals surface area contributed by atoms with Gasteiger partial charge in [-0.3, -0.25) is 0 Å². The van der Waals surface area contributed by atoms with E-state index in [9.17, 15) is 8.78 Å². The highest BCUT2D eigenvalue weighted by atomic mass is 19.2. The molecule has 0 atom stereocenters. The Morgan fingerprint density at radius 3 is 2.20 bits per heavy atom. The Kier molecular flexibility index (Phi) is 6.76. The monoisotopic (exact) mass is 285 g/mol. The van der Waals surface area contributed by atoms with Gasteiger partial charge in [-0.15, -0.1) is 0 Å². The summed E-state index contributed by atoms with van der Waals surface area (Å²) in [4.78, 5) is 2.07. The number of nitrogens with zero attached hydrogens (tertiary/aromatic N) is 1. The average molecular weight is 285 g/mol. The van der Waals surface area contributed by atoms with Gasteiger partial charge >= 0.3 is 0 Å². The molecule has 114 valence electrons. The van der Waals surface area contributed by atoms with Crippen molar-refractivity contribution in [1.29, 1.82) is 0 Å². The van der Waals surface area contributed by atoms with Gasteiger partial charge in [0.2, 0.25) is 5.82 Å². The van der Waals surface area contributed by atoms with Crippen LogP contribution in [0.25, 0.3) is 0 Å². The largest absolute Gasteiger partial charge is 0.486 e. The number of hydrogen-bond donors (Lipinski definition) is 0. The van der Waals surface area contributed by atoms with Gasteiger partial charge in [0.15, 0.2) is 11.6 Å². The molecule has 0 bridgehead atoms. The van der Waals surface area contributed by atoms with Crippen LogP contribution in [0.1, 0.15) is 47.0 Å². The maximum Gasteiger partial charge on any atom is 0.202 e. The Bertz CT molecular complexity index is 415. The van der Waals surface area contributed by atoms with Crippen molar-refractivity contribution < 1.29 is 13.5 Å². The minimum atomic E-state index is -0.883. The van der Waals surface area contributed by atoms with Crippen LogP contribution < -0.4 is 9.64 Å². The molecule has 0 aliphatic carbocycles. The molecule has 20 heavy (non-hydrogen) atoms. The van der Waals surface area contributed by atoms with Crippen molar-refractivity contribution in [3.05, 3.63) is 23.8 Å². The molecule has 0 N–H and O–H groups in total. The summed E-state index contributed by atoms with van der Waals surface area (Å²) < 4.78 is 32.6. The molecular formula is C16H25F2NO. The number of benzene rings is 1. The van der Waals surface area contributed by atoms with Gasteiger partial charge in [0.05, 0.1) is 11.8 Å². The maximum absolute atomic E-state index is 13.9. The summed E-state index contributed by atoms with van der Waals surface area (Å²) >= 11 is 0. The average Bonchev–Trinajstić information content (AvgIpc) is 2.47. The smallest absolute Gasteiger partial charge is 0.202 e. The summed E-state index contributed by atoms with van der Waals surface area (Å²) in [7, 11) is 0. The number of anilines is 1. The molecule has 1 aliphatic rings. The SMILES string of the molecule is CC.CC(C)Oc1c(N2CCCCC2)ccc(F)c1F. The maximum atomic E-state index is 13.9. The van der Waals surface area contributed by atoms with Crippen LogP contribution in [-0.4, -0.2) is 19.2 Å². The van der Waals surface area contributed by atoms with E-state index in [1.165, 1.54) is 12.5 Å². The molecule has 0 saturated carbocycles. The van der Waals surface area contributed by atoms with E-state index in [1.807, 2.05) is 27.7 Å². The predicted octanol–water partition coefficient (Wildman–Crippen LogP) is 4.77. The molecule has 1 fully saturated rings. The molecule has 4 heteroatoms. The highest BCUT2D eigenvalue weighted by molar-refractivity contribution is 5.59. The van der Waals surface area contributed by atoms with E-state index >= 15 is 0 Å². The lowest BCUT2D eigenvalue weighted by molar-refractivity contribution is 0.228. The summed E-state index contributed by atoms with van der Waals surface area (Å²) in [5.74, 6) is -1.69. The third-order valence-corrected chi connectivity index (χ3v) is 3.08. The van der Waals surface area contributed by atoms with Gasteiger partial charge in [0, 0.05) is 13.1 Å². The lowest BCUT2D eigenvalue weighted by Crippen LogP contribution is -2.30. The van der Waals surface area contributed by atoms with Gasteiger partial charge < -0.3 is 9.64 Å². The van der Waals surface area contributed by atoms with Gasteiger partial charge in [0.1, 0.15) is 0 Å². The van der Waals surface area contributed by atoms with Gasteiger partial charge in [-0.05, 0) is 45.2 Å². The van der Waals surface area contributed by atoms with E-state index in [0.29, 0.717) is 5.69 Å². The van der Waals surface area contributed by atoms with Crippen molar-refractivity contribution in [3.8, 4) is 5.75 Å².